The number of nitrogens with two attached hydrogens (primary N) is 1. The van der Waals surface area contributed by atoms with Crippen molar-refractivity contribution < 1.29 is 4.79 Å². The maximum atomic E-state index is 11.8. The minimum Gasteiger partial charge on any atom is -0.355 e. The number of aromatic nitrogens is 2. The van der Waals surface area contributed by atoms with Crippen molar-refractivity contribution in [1.82, 2.24) is 15.3 Å². The fourth-order valence-electron chi connectivity index (χ4n) is 2.70. The Morgan fingerprint density at radius 3 is 3.00 bits per heavy atom. The summed E-state index contributed by atoms with van der Waals surface area (Å²) in [5, 5.41) is 7.77. The molecule has 112 valence electrons. The van der Waals surface area contributed by atoms with Crippen LogP contribution in [0.4, 0.5) is 5.95 Å². The van der Waals surface area contributed by atoms with Gasteiger partial charge in [0.25, 0.3) is 5.91 Å². The quantitative estimate of drug-likeness (QED) is 0.803. The number of anilines is 1. The molecule has 0 aromatic carbocycles. The number of hydrogen-bond donors (Lipinski definition) is 3. The van der Waals surface area contributed by atoms with Gasteiger partial charge in [-0.3, -0.25) is 4.79 Å². The van der Waals surface area contributed by atoms with E-state index in [4.69, 9.17) is 5.73 Å². The van der Waals surface area contributed by atoms with Crippen LogP contribution in [0.3, 0.4) is 0 Å². The number of nitrogens with one attached hydrogen (secondary N) is 2. The van der Waals surface area contributed by atoms with Gasteiger partial charge in [-0.25, -0.2) is 9.97 Å². The molecule has 1 amide bonds. The molecular formula is C14H19N5OS. The van der Waals surface area contributed by atoms with Gasteiger partial charge in [-0.2, -0.15) is 0 Å². The van der Waals surface area contributed by atoms with Crippen LogP contribution in [0.5, 0.6) is 0 Å². The first-order valence-electron chi connectivity index (χ1n) is 7.17. The van der Waals surface area contributed by atoms with Crippen LogP contribution in [0.25, 0.3) is 10.2 Å². The Labute approximate surface area is 127 Å². The minimum atomic E-state index is -0.125. The molecule has 0 radical (unpaired) electrons. The Morgan fingerprint density at radius 2 is 2.24 bits per heavy atom. The smallest absolute Gasteiger partial charge is 0.254 e. The minimum absolute atomic E-state index is 0.125. The van der Waals surface area contributed by atoms with Crippen molar-refractivity contribution in [2.45, 2.75) is 37.8 Å². The highest BCUT2D eigenvalue weighted by atomic mass is 32.1. The molecule has 6 nitrogen and oxygen atoms in total. The number of carbonyl (C=O) groups is 1. The van der Waals surface area contributed by atoms with Gasteiger partial charge in [0.2, 0.25) is 5.95 Å². The predicted molar refractivity (Wildman–Crippen MR) is 84.7 cm³/mol. The summed E-state index contributed by atoms with van der Waals surface area (Å²) >= 11 is 1.47. The molecule has 1 aliphatic carbocycles. The molecule has 1 saturated carbocycles. The lowest BCUT2D eigenvalue weighted by Gasteiger charge is -2.29. The second-order valence-corrected chi connectivity index (χ2v) is 6.25. The summed E-state index contributed by atoms with van der Waals surface area (Å²) in [5.74, 6) is 0.425. The third-order valence-corrected chi connectivity index (χ3v) is 4.83. The van der Waals surface area contributed by atoms with Gasteiger partial charge in [0.05, 0.1) is 22.0 Å². The molecule has 4 N–H and O–H groups in total. The van der Waals surface area contributed by atoms with Crippen LogP contribution in [0.2, 0.25) is 0 Å². The summed E-state index contributed by atoms with van der Waals surface area (Å²) in [6, 6.07) is 0.345. The molecule has 1 fully saturated rings. The van der Waals surface area contributed by atoms with Crippen molar-refractivity contribution in [2.24, 2.45) is 5.73 Å². The normalized spacial score (nSPS) is 22.2. The van der Waals surface area contributed by atoms with Gasteiger partial charge >= 0.3 is 0 Å². The summed E-state index contributed by atoms with van der Waals surface area (Å²) in [4.78, 5) is 20.7. The Kier molecular flexibility index (Phi) is 4.03. The van der Waals surface area contributed by atoms with Crippen LogP contribution >= 0.6 is 11.3 Å². The third-order valence-electron chi connectivity index (χ3n) is 3.92. The third kappa shape index (κ3) is 2.84. The topological polar surface area (TPSA) is 92.9 Å². The number of hydrogen-bond acceptors (Lipinski definition) is 6. The number of fused-ring (bicyclic) bond motifs is 1. The fraction of sp³-hybridized carbons (Fsp3) is 0.500. The first-order valence-corrected chi connectivity index (χ1v) is 8.05. The molecule has 1 unspecified atom stereocenters. The predicted octanol–water partition coefficient (Wildman–Crippen LogP) is 1.73. The number of amides is 1. The largest absolute Gasteiger partial charge is 0.355 e. The molecule has 2 atom stereocenters. The zero-order valence-electron chi connectivity index (χ0n) is 11.9. The summed E-state index contributed by atoms with van der Waals surface area (Å²) < 4.78 is 0.909. The van der Waals surface area contributed by atoms with E-state index in [1.54, 1.807) is 13.2 Å². The first-order chi connectivity index (χ1) is 10.2. The number of nitrogens with zero attached hydrogens (tertiary/aromatic N) is 2. The Bertz CT molecular complexity index is 656. The van der Waals surface area contributed by atoms with Crippen molar-refractivity contribution in [2.75, 3.05) is 12.4 Å². The molecular weight excluding hydrogens is 286 g/mol. The zero-order chi connectivity index (χ0) is 14.8. The van der Waals surface area contributed by atoms with Crippen molar-refractivity contribution in [3.8, 4) is 0 Å². The van der Waals surface area contributed by atoms with Crippen LogP contribution in [0, 0.1) is 0 Å². The molecule has 2 aromatic heterocycles. The Morgan fingerprint density at radius 1 is 1.43 bits per heavy atom. The van der Waals surface area contributed by atoms with Crippen LogP contribution in [0.1, 0.15) is 36.0 Å². The molecule has 3 rings (SSSR count). The average molecular weight is 305 g/mol. The maximum Gasteiger partial charge on any atom is 0.254 e. The van der Waals surface area contributed by atoms with Crippen LogP contribution in [0.15, 0.2) is 11.6 Å². The van der Waals surface area contributed by atoms with Crippen molar-refractivity contribution in [1.29, 1.82) is 0 Å². The van der Waals surface area contributed by atoms with E-state index in [0.717, 1.165) is 17.5 Å². The lowest BCUT2D eigenvalue weighted by molar-refractivity contribution is 0.0965. The van der Waals surface area contributed by atoms with Crippen molar-refractivity contribution >= 4 is 33.4 Å². The Hall–Kier alpha value is -1.73. The summed E-state index contributed by atoms with van der Waals surface area (Å²) in [6.45, 7) is 0. The van der Waals surface area contributed by atoms with E-state index in [0.29, 0.717) is 17.0 Å². The van der Waals surface area contributed by atoms with Gasteiger partial charge in [-0.05, 0) is 12.8 Å². The van der Waals surface area contributed by atoms with E-state index in [9.17, 15) is 4.79 Å². The molecule has 0 aliphatic heterocycles. The molecule has 7 heteroatoms. The van der Waals surface area contributed by atoms with E-state index < -0.39 is 0 Å². The molecule has 2 aromatic rings. The van der Waals surface area contributed by atoms with E-state index >= 15 is 0 Å². The van der Waals surface area contributed by atoms with Gasteiger partial charge in [-0.1, -0.05) is 12.8 Å². The van der Waals surface area contributed by atoms with Gasteiger partial charge < -0.3 is 16.4 Å². The van der Waals surface area contributed by atoms with Crippen LogP contribution in [-0.2, 0) is 0 Å². The maximum absolute atomic E-state index is 11.8. The molecule has 21 heavy (non-hydrogen) atoms. The fourth-order valence-corrected chi connectivity index (χ4v) is 3.54. The molecule has 0 spiro atoms. The summed E-state index contributed by atoms with van der Waals surface area (Å²) in [6.07, 6.45) is 6.19. The second kappa shape index (κ2) is 5.95. The number of carbonyl (C=O) groups excluding carboxylic acids is 1. The van der Waals surface area contributed by atoms with Gasteiger partial charge in [0.1, 0.15) is 0 Å². The second-order valence-electron chi connectivity index (χ2n) is 5.33. The van der Waals surface area contributed by atoms with Gasteiger partial charge in [-0.15, -0.1) is 11.3 Å². The average Bonchev–Trinajstić information content (AvgIpc) is 2.92. The molecule has 1 aliphatic rings. The SMILES string of the molecule is CNC(=O)c1csc2cnc(NC3CCCC[C@@H]3N)nc12. The van der Waals surface area contributed by atoms with Crippen LogP contribution in [-0.4, -0.2) is 35.0 Å². The summed E-state index contributed by atoms with van der Waals surface area (Å²) in [5.41, 5.74) is 7.43. The molecule has 0 saturated heterocycles. The summed E-state index contributed by atoms with van der Waals surface area (Å²) in [7, 11) is 1.62. The van der Waals surface area contributed by atoms with Gasteiger partial charge in [0.15, 0.2) is 0 Å². The Balaban J connectivity index is 1.87. The lowest BCUT2D eigenvalue weighted by atomic mass is 9.91. The number of thiophene rings is 1. The zero-order valence-corrected chi connectivity index (χ0v) is 12.7. The lowest BCUT2D eigenvalue weighted by Crippen LogP contribution is -2.42. The highest BCUT2D eigenvalue weighted by molar-refractivity contribution is 7.17. The van der Waals surface area contributed by atoms with Crippen molar-refractivity contribution in [3.05, 3.63) is 17.1 Å². The van der Waals surface area contributed by atoms with E-state index in [1.165, 1.54) is 24.2 Å². The highest BCUT2D eigenvalue weighted by Crippen LogP contribution is 2.25. The van der Waals surface area contributed by atoms with E-state index in [-0.39, 0.29) is 18.0 Å². The van der Waals surface area contributed by atoms with Crippen molar-refractivity contribution in [3.63, 3.8) is 0 Å². The standard InChI is InChI=1S/C14H19N5OS/c1-16-13(20)8-7-21-11-6-17-14(19-12(8)11)18-10-5-3-2-4-9(10)15/h6-7,9-10H,2-5,15H2,1H3,(H,16,20)(H,17,18,19)/t9-,10?/m0/s1. The molecule has 0 bridgehead atoms. The van der Waals surface area contributed by atoms with Crippen LogP contribution < -0.4 is 16.4 Å². The first kappa shape index (κ1) is 14.2. The number of rotatable bonds is 3. The molecule has 2 heterocycles. The highest BCUT2D eigenvalue weighted by Gasteiger charge is 2.22. The van der Waals surface area contributed by atoms with E-state index in [1.807, 2.05) is 5.38 Å². The van der Waals surface area contributed by atoms with Gasteiger partial charge in [0, 0.05) is 24.5 Å². The monoisotopic (exact) mass is 305 g/mol. The van der Waals surface area contributed by atoms with E-state index in [2.05, 4.69) is 20.6 Å².